The van der Waals surface area contributed by atoms with Crippen molar-refractivity contribution in [2.75, 3.05) is 23.8 Å². The molecule has 1 fully saturated rings. The van der Waals surface area contributed by atoms with Crippen LogP contribution >= 0.6 is 15.9 Å². The number of rotatable bonds is 1. The fourth-order valence-corrected chi connectivity index (χ4v) is 3.96. The maximum atomic E-state index is 12.4. The Hall–Kier alpha value is -1.15. The Bertz CT molecular complexity index is 618. The summed E-state index contributed by atoms with van der Waals surface area (Å²) in [7, 11) is -3.05. The molecule has 0 spiro atoms. The minimum Gasteiger partial charge on any atom is -0.383 e. The topological polar surface area (TPSA) is 93.4 Å². The molecule has 0 radical (unpaired) electrons. The van der Waals surface area contributed by atoms with Crippen LogP contribution in [0.15, 0.2) is 16.7 Å². The Kier molecular flexibility index (Phi) is 3.82. The Labute approximate surface area is 120 Å². The van der Waals surface area contributed by atoms with Crippen molar-refractivity contribution in [3.63, 3.8) is 0 Å². The van der Waals surface area contributed by atoms with Crippen LogP contribution in [-0.2, 0) is 9.84 Å². The fraction of sp³-hybridized carbons (Fsp3) is 0.455. The van der Waals surface area contributed by atoms with Crippen LogP contribution in [0, 0.1) is 0 Å². The van der Waals surface area contributed by atoms with E-state index >= 15 is 0 Å². The standard InChI is InChI=1S/C11H14BrN3O3S/c1-7-6-19(17,18)3-2-15(7)11(16)9-4-8(12)5-14-10(9)13/h4-5,7H,2-3,6H2,1H3,(H2,13,14). The molecule has 1 atom stereocenters. The molecule has 19 heavy (non-hydrogen) atoms. The number of halogens is 1. The zero-order valence-corrected chi connectivity index (χ0v) is 12.7. The zero-order chi connectivity index (χ0) is 14.2. The molecule has 1 aromatic heterocycles. The number of pyridine rings is 1. The van der Waals surface area contributed by atoms with Gasteiger partial charge in [-0.05, 0) is 28.9 Å². The van der Waals surface area contributed by atoms with Crippen LogP contribution < -0.4 is 5.73 Å². The molecule has 1 aliphatic heterocycles. The van der Waals surface area contributed by atoms with Crippen molar-refractivity contribution in [2.45, 2.75) is 13.0 Å². The molecule has 104 valence electrons. The van der Waals surface area contributed by atoms with Gasteiger partial charge in [-0.3, -0.25) is 4.79 Å². The molecular weight excluding hydrogens is 334 g/mol. The summed E-state index contributed by atoms with van der Waals surface area (Å²) in [4.78, 5) is 17.8. The van der Waals surface area contributed by atoms with Gasteiger partial charge in [0.1, 0.15) is 5.82 Å². The number of carbonyl (C=O) groups is 1. The third kappa shape index (κ3) is 3.06. The van der Waals surface area contributed by atoms with Crippen LogP contribution in [0.25, 0.3) is 0 Å². The first kappa shape index (κ1) is 14.3. The van der Waals surface area contributed by atoms with Crippen LogP contribution in [0.1, 0.15) is 17.3 Å². The van der Waals surface area contributed by atoms with Crippen LogP contribution in [0.3, 0.4) is 0 Å². The second kappa shape index (κ2) is 5.09. The lowest BCUT2D eigenvalue weighted by atomic mass is 10.2. The normalized spacial score (nSPS) is 22.2. The number of anilines is 1. The summed E-state index contributed by atoms with van der Waals surface area (Å²) >= 11 is 3.24. The monoisotopic (exact) mass is 347 g/mol. The van der Waals surface area contributed by atoms with E-state index < -0.39 is 9.84 Å². The number of carbonyl (C=O) groups excluding carboxylic acids is 1. The largest absolute Gasteiger partial charge is 0.383 e. The predicted octanol–water partition coefficient (Wildman–Crippen LogP) is 0.685. The number of amides is 1. The van der Waals surface area contributed by atoms with Gasteiger partial charge in [-0.25, -0.2) is 13.4 Å². The maximum absolute atomic E-state index is 12.4. The van der Waals surface area contributed by atoms with E-state index in [1.807, 2.05) is 0 Å². The highest BCUT2D eigenvalue weighted by molar-refractivity contribution is 9.10. The Morgan fingerprint density at radius 1 is 1.58 bits per heavy atom. The summed E-state index contributed by atoms with van der Waals surface area (Å²) in [6.07, 6.45) is 1.51. The van der Waals surface area contributed by atoms with Gasteiger partial charge in [-0.15, -0.1) is 0 Å². The molecule has 0 bridgehead atoms. The molecule has 0 aromatic carbocycles. The van der Waals surface area contributed by atoms with E-state index in [-0.39, 0.29) is 35.8 Å². The summed E-state index contributed by atoms with van der Waals surface area (Å²) in [5.74, 6) is -0.160. The minimum absolute atomic E-state index is 0.00951. The summed E-state index contributed by atoms with van der Waals surface area (Å²) < 4.78 is 23.7. The third-order valence-corrected chi connectivity index (χ3v) is 5.28. The number of nitrogen functional groups attached to an aromatic ring is 1. The lowest BCUT2D eigenvalue weighted by Gasteiger charge is -2.33. The van der Waals surface area contributed by atoms with Gasteiger partial charge in [0.05, 0.1) is 17.1 Å². The first-order valence-electron chi connectivity index (χ1n) is 5.72. The molecule has 1 amide bonds. The van der Waals surface area contributed by atoms with Gasteiger partial charge in [0.2, 0.25) is 0 Å². The van der Waals surface area contributed by atoms with Gasteiger partial charge in [0.15, 0.2) is 9.84 Å². The van der Waals surface area contributed by atoms with Gasteiger partial charge in [0, 0.05) is 23.3 Å². The van der Waals surface area contributed by atoms with Crippen molar-refractivity contribution < 1.29 is 13.2 Å². The van der Waals surface area contributed by atoms with Crippen LogP contribution in [0.2, 0.25) is 0 Å². The first-order valence-corrected chi connectivity index (χ1v) is 8.34. The van der Waals surface area contributed by atoms with Crippen LogP contribution in [0.5, 0.6) is 0 Å². The van der Waals surface area contributed by atoms with E-state index in [4.69, 9.17) is 5.73 Å². The predicted molar refractivity (Wildman–Crippen MR) is 75.5 cm³/mol. The number of nitrogens with two attached hydrogens (primary N) is 1. The summed E-state index contributed by atoms with van der Waals surface area (Å²) in [5, 5.41) is 0. The van der Waals surface area contributed by atoms with Gasteiger partial charge >= 0.3 is 0 Å². The van der Waals surface area contributed by atoms with E-state index in [0.717, 1.165) is 0 Å². The van der Waals surface area contributed by atoms with E-state index in [1.165, 1.54) is 11.1 Å². The molecule has 0 aliphatic carbocycles. The second-order valence-corrected chi connectivity index (χ2v) is 7.69. The molecule has 1 aliphatic rings. The number of nitrogens with zero attached hydrogens (tertiary/aromatic N) is 2. The highest BCUT2D eigenvalue weighted by Gasteiger charge is 2.32. The van der Waals surface area contributed by atoms with Crippen molar-refractivity contribution in [1.29, 1.82) is 0 Å². The molecule has 1 saturated heterocycles. The molecule has 0 saturated carbocycles. The van der Waals surface area contributed by atoms with E-state index in [0.29, 0.717) is 10.0 Å². The third-order valence-electron chi connectivity index (χ3n) is 3.05. The number of aromatic nitrogens is 1. The van der Waals surface area contributed by atoms with E-state index in [2.05, 4.69) is 20.9 Å². The lowest BCUT2D eigenvalue weighted by molar-refractivity contribution is 0.0713. The average Bonchev–Trinajstić information content (AvgIpc) is 2.30. The Balaban J connectivity index is 2.27. The molecule has 1 unspecified atom stereocenters. The summed E-state index contributed by atoms with van der Waals surface area (Å²) in [6, 6.07) is 1.24. The Morgan fingerprint density at radius 2 is 2.26 bits per heavy atom. The summed E-state index contributed by atoms with van der Waals surface area (Å²) in [5.41, 5.74) is 5.99. The van der Waals surface area contributed by atoms with Crippen molar-refractivity contribution >= 4 is 37.5 Å². The summed E-state index contributed by atoms with van der Waals surface area (Å²) in [6.45, 7) is 1.91. The number of hydrogen-bond donors (Lipinski definition) is 1. The van der Waals surface area contributed by atoms with Crippen molar-refractivity contribution in [3.8, 4) is 0 Å². The lowest BCUT2D eigenvalue weighted by Crippen LogP contribution is -2.49. The van der Waals surface area contributed by atoms with Gasteiger partial charge in [0.25, 0.3) is 5.91 Å². The molecule has 2 rings (SSSR count). The highest BCUT2D eigenvalue weighted by atomic mass is 79.9. The second-order valence-electron chi connectivity index (χ2n) is 4.55. The quantitative estimate of drug-likeness (QED) is 0.806. The molecule has 2 N–H and O–H groups in total. The molecule has 1 aromatic rings. The number of hydrogen-bond acceptors (Lipinski definition) is 5. The molecule has 8 heteroatoms. The van der Waals surface area contributed by atoms with Gasteiger partial charge in [-0.1, -0.05) is 0 Å². The minimum atomic E-state index is -3.05. The van der Waals surface area contributed by atoms with Crippen molar-refractivity contribution in [3.05, 3.63) is 22.3 Å². The smallest absolute Gasteiger partial charge is 0.257 e. The SMILES string of the molecule is CC1CS(=O)(=O)CCN1C(=O)c1cc(Br)cnc1N. The van der Waals surface area contributed by atoms with Crippen molar-refractivity contribution in [2.24, 2.45) is 0 Å². The molecule has 6 nitrogen and oxygen atoms in total. The van der Waals surface area contributed by atoms with E-state index in [1.54, 1.807) is 13.0 Å². The van der Waals surface area contributed by atoms with Crippen LogP contribution in [0.4, 0.5) is 5.82 Å². The Morgan fingerprint density at radius 3 is 2.89 bits per heavy atom. The number of sulfone groups is 1. The highest BCUT2D eigenvalue weighted by Crippen LogP contribution is 2.20. The van der Waals surface area contributed by atoms with E-state index in [9.17, 15) is 13.2 Å². The average molecular weight is 348 g/mol. The van der Waals surface area contributed by atoms with Crippen LogP contribution in [-0.4, -0.2) is 48.3 Å². The fourth-order valence-electron chi connectivity index (χ4n) is 2.08. The maximum Gasteiger partial charge on any atom is 0.257 e. The molecular formula is C11H14BrN3O3S. The van der Waals surface area contributed by atoms with Gasteiger partial charge in [-0.2, -0.15) is 0 Å². The van der Waals surface area contributed by atoms with Gasteiger partial charge < -0.3 is 10.6 Å². The molecule has 2 heterocycles. The van der Waals surface area contributed by atoms with Crippen molar-refractivity contribution in [1.82, 2.24) is 9.88 Å². The first-order chi connectivity index (χ1) is 8.80. The zero-order valence-electron chi connectivity index (χ0n) is 10.3.